The predicted molar refractivity (Wildman–Crippen MR) is 90.2 cm³/mol. The van der Waals surface area contributed by atoms with Gasteiger partial charge in [-0.05, 0) is 24.3 Å². The molecular weight excluding hydrogens is 367 g/mol. The standard InChI is InChI=1S/C16H24F3N5O3/c1-4-15(2,3)7-5-11(9-24(27)10-25)13(26)22-23-14-20-8-6-12(21-14)16(17,18)19/h6,8,10-11,27H,4-5,7,9H2,1-3H3,(H,22,26)(H,20,21,23)/t11-/m1/s1. The smallest absolute Gasteiger partial charge is 0.286 e. The first kappa shape index (κ1) is 22.6. The van der Waals surface area contributed by atoms with Crippen molar-refractivity contribution in [1.82, 2.24) is 20.5 Å². The van der Waals surface area contributed by atoms with Crippen LogP contribution in [0.4, 0.5) is 19.1 Å². The van der Waals surface area contributed by atoms with Crippen LogP contribution in [0, 0.1) is 11.3 Å². The second kappa shape index (κ2) is 9.49. The van der Waals surface area contributed by atoms with E-state index in [1.165, 1.54) is 0 Å². The summed E-state index contributed by atoms with van der Waals surface area (Å²) in [5.74, 6) is -1.81. The highest BCUT2D eigenvalue weighted by molar-refractivity contribution is 5.80. The number of rotatable bonds is 10. The number of halogens is 3. The van der Waals surface area contributed by atoms with Gasteiger partial charge in [-0.1, -0.05) is 27.2 Å². The second-order valence-electron chi connectivity index (χ2n) is 6.86. The molecule has 8 nitrogen and oxygen atoms in total. The molecule has 0 bridgehead atoms. The lowest BCUT2D eigenvalue weighted by atomic mass is 9.82. The van der Waals surface area contributed by atoms with Crippen molar-refractivity contribution in [2.75, 3.05) is 12.0 Å². The van der Waals surface area contributed by atoms with Gasteiger partial charge in [-0.3, -0.25) is 25.6 Å². The Labute approximate surface area is 155 Å². The fourth-order valence-electron chi connectivity index (χ4n) is 2.11. The van der Waals surface area contributed by atoms with Crippen LogP contribution < -0.4 is 10.9 Å². The van der Waals surface area contributed by atoms with Gasteiger partial charge in [-0.2, -0.15) is 13.2 Å². The van der Waals surface area contributed by atoms with Crippen LogP contribution in [0.3, 0.4) is 0 Å². The molecule has 0 aliphatic heterocycles. The minimum absolute atomic E-state index is 0.0441. The monoisotopic (exact) mass is 391 g/mol. The van der Waals surface area contributed by atoms with Gasteiger partial charge in [0.15, 0.2) is 0 Å². The summed E-state index contributed by atoms with van der Waals surface area (Å²) in [7, 11) is 0. The largest absolute Gasteiger partial charge is 0.433 e. The summed E-state index contributed by atoms with van der Waals surface area (Å²) in [5.41, 5.74) is 3.26. The fourth-order valence-corrected chi connectivity index (χ4v) is 2.11. The predicted octanol–water partition coefficient (Wildman–Crippen LogP) is 2.62. The molecule has 1 heterocycles. The lowest BCUT2D eigenvalue weighted by molar-refractivity contribution is -0.154. The van der Waals surface area contributed by atoms with Gasteiger partial charge in [-0.25, -0.2) is 15.0 Å². The lowest BCUT2D eigenvalue weighted by Gasteiger charge is -2.26. The molecule has 1 aromatic rings. The maximum absolute atomic E-state index is 12.7. The van der Waals surface area contributed by atoms with E-state index < -0.39 is 29.6 Å². The molecule has 27 heavy (non-hydrogen) atoms. The van der Waals surface area contributed by atoms with E-state index in [1.807, 2.05) is 20.8 Å². The molecule has 0 aromatic carbocycles. The average molecular weight is 391 g/mol. The van der Waals surface area contributed by atoms with Crippen molar-refractivity contribution in [1.29, 1.82) is 0 Å². The summed E-state index contributed by atoms with van der Waals surface area (Å²) in [6.45, 7) is 5.80. The van der Waals surface area contributed by atoms with Crippen LogP contribution in [-0.2, 0) is 15.8 Å². The summed E-state index contributed by atoms with van der Waals surface area (Å²) in [4.78, 5) is 29.9. The molecule has 0 aliphatic rings. The number of carbonyl (C=O) groups excluding carboxylic acids is 2. The third kappa shape index (κ3) is 7.77. The minimum atomic E-state index is -4.64. The SMILES string of the molecule is CCC(C)(C)CC[C@H](CN(O)C=O)C(=O)NNc1nccc(C(F)(F)F)n1. The summed E-state index contributed by atoms with van der Waals surface area (Å²) in [6.07, 6.45) is -1.67. The number of carbonyl (C=O) groups is 2. The van der Waals surface area contributed by atoms with Crippen LogP contribution in [0.2, 0.25) is 0 Å². The van der Waals surface area contributed by atoms with Crippen LogP contribution in [0.5, 0.6) is 0 Å². The molecule has 0 fully saturated rings. The van der Waals surface area contributed by atoms with Crippen molar-refractivity contribution in [3.05, 3.63) is 18.0 Å². The van der Waals surface area contributed by atoms with Gasteiger partial charge < -0.3 is 0 Å². The molecule has 0 saturated heterocycles. The highest BCUT2D eigenvalue weighted by Crippen LogP contribution is 2.29. The molecule has 3 N–H and O–H groups in total. The van der Waals surface area contributed by atoms with Crippen molar-refractivity contribution < 1.29 is 28.0 Å². The van der Waals surface area contributed by atoms with E-state index in [0.29, 0.717) is 24.0 Å². The zero-order valence-electron chi connectivity index (χ0n) is 15.4. The molecule has 2 amide bonds. The molecule has 1 aromatic heterocycles. The summed E-state index contributed by atoms with van der Waals surface area (Å²) in [5, 5.41) is 9.74. The molecule has 11 heteroatoms. The Morgan fingerprint density at radius 2 is 2.07 bits per heavy atom. The van der Waals surface area contributed by atoms with E-state index in [0.717, 1.165) is 12.6 Å². The van der Waals surface area contributed by atoms with Gasteiger partial charge >= 0.3 is 6.18 Å². The Hall–Kier alpha value is -2.43. The highest BCUT2D eigenvalue weighted by Gasteiger charge is 2.33. The highest BCUT2D eigenvalue weighted by atomic mass is 19.4. The molecular formula is C16H24F3N5O3. The number of amides is 2. The van der Waals surface area contributed by atoms with Gasteiger partial charge in [0.1, 0.15) is 5.69 Å². The van der Waals surface area contributed by atoms with Crippen molar-refractivity contribution in [2.24, 2.45) is 11.3 Å². The van der Waals surface area contributed by atoms with Crippen molar-refractivity contribution in [3.8, 4) is 0 Å². The summed E-state index contributed by atoms with van der Waals surface area (Å²) >= 11 is 0. The topological polar surface area (TPSA) is 107 Å². The molecule has 0 spiro atoms. The van der Waals surface area contributed by atoms with Crippen LogP contribution in [0.15, 0.2) is 12.3 Å². The third-order valence-electron chi connectivity index (χ3n) is 4.27. The number of anilines is 1. The maximum Gasteiger partial charge on any atom is 0.433 e. The van der Waals surface area contributed by atoms with Gasteiger partial charge in [-0.15, -0.1) is 0 Å². The van der Waals surface area contributed by atoms with Crippen LogP contribution in [0.1, 0.15) is 45.7 Å². The molecule has 1 atom stereocenters. The van der Waals surface area contributed by atoms with Gasteiger partial charge in [0.25, 0.3) is 0 Å². The number of alkyl halides is 3. The number of hydroxylamine groups is 2. The van der Waals surface area contributed by atoms with Crippen LogP contribution in [-0.4, -0.2) is 39.1 Å². The molecule has 1 rings (SSSR count). The van der Waals surface area contributed by atoms with Crippen molar-refractivity contribution in [3.63, 3.8) is 0 Å². The number of nitrogens with zero attached hydrogens (tertiary/aromatic N) is 3. The molecule has 0 saturated carbocycles. The van der Waals surface area contributed by atoms with Gasteiger partial charge in [0, 0.05) is 6.20 Å². The minimum Gasteiger partial charge on any atom is -0.286 e. The van der Waals surface area contributed by atoms with E-state index in [4.69, 9.17) is 0 Å². The van der Waals surface area contributed by atoms with Gasteiger partial charge in [0.2, 0.25) is 18.3 Å². The van der Waals surface area contributed by atoms with E-state index in [-0.39, 0.29) is 18.4 Å². The zero-order valence-corrected chi connectivity index (χ0v) is 15.4. The van der Waals surface area contributed by atoms with E-state index in [1.54, 1.807) is 0 Å². The van der Waals surface area contributed by atoms with Crippen molar-refractivity contribution in [2.45, 2.75) is 46.2 Å². The first-order valence-electron chi connectivity index (χ1n) is 8.35. The fraction of sp³-hybridized carbons (Fsp3) is 0.625. The Morgan fingerprint density at radius 3 is 2.63 bits per heavy atom. The average Bonchev–Trinajstić information content (AvgIpc) is 2.62. The summed E-state index contributed by atoms with van der Waals surface area (Å²) < 4.78 is 38.0. The number of nitrogens with one attached hydrogen (secondary N) is 2. The molecule has 0 aliphatic carbocycles. The Balaban J connectivity index is 2.76. The molecule has 0 radical (unpaired) electrons. The van der Waals surface area contributed by atoms with Crippen LogP contribution >= 0.6 is 0 Å². The number of hydrogen-bond acceptors (Lipinski definition) is 6. The first-order chi connectivity index (χ1) is 12.5. The van der Waals surface area contributed by atoms with E-state index in [2.05, 4.69) is 20.8 Å². The quantitative estimate of drug-likeness (QED) is 0.322. The number of aromatic nitrogens is 2. The Kier molecular flexibility index (Phi) is 7.95. The molecule has 0 unspecified atom stereocenters. The maximum atomic E-state index is 12.7. The summed E-state index contributed by atoms with van der Waals surface area (Å²) in [6, 6.07) is 0.705. The zero-order chi connectivity index (χ0) is 20.7. The number of hydrogen-bond donors (Lipinski definition) is 3. The van der Waals surface area contributed by atoms with Crippen LogP contribution in [0.25, 0.3) is 0 Å². The number of hydrazine groups is 1. The van der Waals surface area contributed by atoms with Crippen molar-refractivity contribution >= 4 is 18.3 Å². The first-order valence-corrected chi connectivity index (χ1v) is 8.35. The Bertz CT molecular complexity index is 640. The lowest BCUT2D eigenvalue weighted by Crippen LogP contribution is -2.41. The normalized spacial score (nSPS) is 13.0. The molecule has 152 valence electrons. The third-order valence-corrected chi connectivity index (χ3v) is 4.27. The Morgan fingerprint density at radius 1 is 1.41 bits per heavy atom. The van der Waals surface area contributed by atoms with E-state index in [9.17, 15) is 28.0 Å². The second-order valence-corrected chi connectivity index (χ2v) is 6.86. The van der Waals surface area contributed by atoms with E-state index >= 15 is 0 Å². The van der Waals surface area contributed by atoms with Gasteiger partial charge in [0.05, 0.1) is 12.5 Å².